The number of aliphatic imine (C=N–C) groups is 1. The minimum absolute atomic E-state index is 0.114. The molecule has 1 aromatic heterocycles. The fraction of sp³-hybridized carbons (Fsp3) is 0.588. The third-order valence-electron chi connectivity index (χ3n) is 3.49. The van der Waals surface area contributed by atoms with Crippen LogP contribution in [0.5, 0.6) is 5.75 Å². The first-order valence-corrected chi connectivity index (χ1v) is 8.23. The number of hydrogen-bond donors (Lipinski definition) is 3. The van der Waals surface area contributed by atoms with E-state index in [0.717, 1.165) is 24.1 Å². The van der Waals surface area contributed by atoms with Gasteiger partial charge in [-0.2, -0.15) is 4.98 Å². The second kappa shape index (κ2) is 10.6. The lowest BCUT2D eigenvalue weighted by atomic mass is 10.1. The van der Waals surface area contributed by atoms with E-state index in [1.807, 2.05) is 19.9 Å². The van der Waals surface area contributed by atoms with Gasteiger partial charge in [-0.3, -0.25) is 4.99 Å². The first kappa shape index (κ1) is 19.9. The number of nitrogens with zero attached hydrogens (tertiary/aromatic N) is 3. The number of nitrogen functional groups attached to an aromatic ring is 1. The predicted molar refractivity (Wildman–Crippen MR) is 98.8 cm³/mol. The topological polar surface area (TPSA) is 106 Å². The normalized spacial score (nSPS) is 13.7. The molecule has 1 aromatic rings. The number of nitrogens with two attached hydrogens (primary N) is 1. The van der Waals surface area contributed by atoms with Gasteiger partial charge in [0.15, 0.2) is 11.6 Å². The van der Waals surface area contributed by atoms with Crippen molar-refractivity contribution < 1.29 is 9.84 Å². The Kier molecular flexibility index (Phi) is 8.78. The lowest BCUT2D eigenvalue weighted by Crippen LogP contribution is -2.22. The van der Waals surface area contributed by atoms with Gasteiger partial charge in [-0.15, -0.1) is 0 Å². The highest BCUT2D eigenvalue weighted by Gasteiger charge is 2.13. The summed E-state index contributed by atoms with van der Waals surface area (Å²) in [6.45, 7) is 6.54. The Labute approximate surface area is 144 Å². The molecule has 24 heavy (non-hydrogen) atoms. The summed E-state index contributed by atoms with van der Waals surface area (Å²) in [5, 5.41) is 12.5. The number of aromatic nitrogens is 2. The zero-order valence-electron chi connectivity index (χ0n) is 15.0. The number of aliphatic hydroxyl groups excluding tert-OH is 1. The molecule has 0 saturated heterocycles. The maximum atomic E-state index is 9.20. The molecule has 0 saturated carbocycles. The molecule has 0 aliphatic heterocycles. The predicted octanol–water partition coefficient (Wildman–Crippen LogP) is 2.44. The Morgan fingerprint density at radius 1 is 1.46 bits per heavy atom. The second-order valence-electron chi connectivity index (χ2n) is 5.73. The van der Waals surface area contributed by atoms with Gasteiger partial charge in [0.25, 0.3) is 0 Å². The van der Waals surface area contributed by atoms with E-state index in [-0.39, 0.29) is 18.6 Å². The van der Waals surface area contributed by atoms with Crippen LogP contribution in [-0.2, 0) is 0 Å². The maximum absolute atomic E-state index is 9.20. The molecule has 0 bridgehead atoms. The molecule has 1 rings (SSSR count). The van der Waals surface area contributed by atoms with Crippen molar-refractivity contribution in [2.45, 2.75) is 46.1 Å². The average Bonchev–Trinajstić information content (AvgIpc) is 2.54. The molecule has 1 atom stereocenters. The van der Waals surface area contributed by atoms with Crippen molar-refractivity contribution in [1.82, 2.24) is 9.97 Å². The van der Waals surface area contributed by atoms with Crippen molar-refractivity contribution in [2.24, 2.45) is 4.99 Å². The van der Waals surface area contributed by atoms with E-state index in [2.05, 4.69) is 27.2 Å². The Morgan fingerprint density at radius 3 is 2.83 bits per heavy atom. The summed E-state index contributed by atoms with van der Waals surface area (Å²) < 4.78 is 5.83. The molecule has 4 N–H and O–H groups in total. The smallest absolute Gasteiger partial charge is 0.222 e. The number of rotatable bonds is 10. The van der Waals surface area contributed by atoms with E-state index >= 15 is 0 Å². The quantitative estimate of drug-likeness (QED) is 0.567. The summed E-state index contributed by atoms with van der Waals surface area (Å²) in [7, 11) is 1.75. The standard InChI is InChI=1S/C17H29N5O2/c1-5-6-14(7-8-23)21-16-15(10-20-17(18)22-16)24-11-12(2)9-13(3)19-4/h9-10,14,23H,5-8,11H2,1-4H3,(H3,18,20,21,22)/b12-9+,19-13-. The highest BCUT2D eigenvalue weighted by Crippen LogP contribution is 2.24. The maximum Gasteiger partial charge on any atom is 0.222 e. The van der Waals surface area contributed by atoms with Gasteiger partial charge in [-0.1, -0.05) is 13.3 Å². The van der Waals surface area contributed by atoms with Gasteiger partial charge in [0.05, 0.1) is 6.20 Å². The molecular weight excluding hydrogens is 306 g/mol. The molecule has 0 spiro atoms. The molecule has 7 heteroatoms. The van der Waals surface area contributed by atoms with Crippen LogP contribution >= 0.6 is 0 Å². The lowest BCUT2D eigenvalue weighted by molar-refractivity contribution is 0.276. The molecule has 7 nitrogen and oxygen atoms in total. The van der Waals surface area contributed by atoms with Gasteiger partial charge in [0.2, 0.25) is 5.95 Å². The first-order chi connectivity index (χ1) is 11.5. The lowest BCUT2D eigenvalue weighted by Gasteiger charge is -2.20. The van der Waals surface area contributed by atoms with Gasteiger partial charge in [-0.05, 0) is 38.3 Å². The summed E-state index contributed by atoms with van der Waals surface area (Å²) in [4.78, 5) is 12.3. The number of allylic oxidation sites excluding steroid dienone is 1. The number of ether oxygens (including phenoxy) is 1. The minimum Gasteiger partial charge on any atom is -0.484 e. The van der Waals surface area contributed by atoms with E-state index in [4.69, 9.17) is 10.5 Å². The summed E-state index contributed by atoms with van der Waals surface area (Å²) >= 11 is 0. The molecule has 0 fully saturated rings. The van der Waals surface area contributed by atoms with Crippen molar-refractivity contribution >= 4 is 17.5 Å². The number of aliphatic hydroxyl groups is 1. The fourth-order valence-electron chi connectivity index (χ4n) is 2.23. The zero-order chi connectivity index (χ0) is 17.9. The van der Waals surface area contributed by atoms with Gasteiger partial charge in [-0.25, -0.2) is 4.98 Å². The Balaban J connectivity index is 2.85. The number of hydrogen-bond acceptors (Lipinski definition) is 7. The van der Waals surface area contributed by atoms with Crippen molar-refractivity contribution in [3.05, 3.63) is 17.8 Å². The monoisotopic (exact) mass is 335 g/mol. The van der Waals surface area contributed by atoms with Crippen molar-refractivity contribution in [2.75, 3.05) is 31.3 Å². The summed E-state index contributed by atoms with van der Waals surface area (Å²) in [6.07, 6.45) is 6.11. The summed E-state index contributed by atoms with van der Waals surface area (Å²) in [5.41, 5.74) is 7.68. The van der Waals surface area contributed by atoms with Crippen LogP contribution in [0.25, 0.3) is 0 Å². The second-order valence-corrected chi connectivity index (χ2v) is 5.73. The summed E-state index contributed by atoms with van der Waals surface area (Å²) in [5.74, 6) is 1.29. The molecule has 0 aromatic carbocycles. The van der Waals surface area contributed by atoms with E-state index < -0.39 is 0 Å². The number of anilines is 2. The summed E-state index contributed by atoms with van der Waals surface area (Å²) in [6, 6.07) is 0.114. The van der Waals surface area contributed by atoms with Crippen LogP contribution in [0.1, 0.15) is 40.0 Å². The first-order valence-electron chi connectivity index (χ1n) is 8.23. The minimum atomic E-state index is 0.114. The molecule has 0 radical (unpaired) electrons. The molecule has 0 amide bonds. The highest BCUT2D eigenvalue weighted by atomic mass is 16.5. The van der Waals surface area contributed by atoms with E-state index in [9.17, 15) is 5.11 Å². The van der Waals surface area contributed by atoms with Gasteiger partial charge in [0.1, 0.15) is 6.61 Å². The van der Waals surface area contributed by atoms with Gasteiger partial charge in [0, 0.05) is 25.4 Å². The largest absolute Gasteiger partial charge is 0.484 e. The van der Waals surface area contributed by atoms with E-state index in [1.165, 1.54) is 0 Å². The van der Waals surface area contributed by atoms with Crippen molar-refractivity contribution in [1.29, 1.82) is 0 Å². The Bertz CT molecular complexity index is 566. The fourth-order valence-corrected chi connectivity index (χ4v) is 2.23. The van der Waals surface area contributed by atoms with Crippen LogP contribution in [0, 0.1) is 0 Å². The van der Waals surface area contributed by atoms with Crippen LogP contribution in [-0.4, -0.2) is 47.1 Å². The third-order valence-corrected chi connectivity index (χ3v) is 3.49. The SMILES string of the molecule is CCCC(CCO)Nc1nc(N)ncc1OC/C(C)=C/C(C)=N\C. The van der Waals surface area contributed by atoms with Crippen LogP contribution in [0.2, 0.25) is 0 Å². The molecule has 134 valence electrons. The molecule has 1 heterocycles. The molecule has 1 unspecified atom stereocenters. The van der Waals surface area contributed by atoms with Crippen molar-refractivity contribution in [3.63, 3.8) is 0 Å². The van der Waals surface area contributed by atoms with E-state index in [0.29, 0.717) is 24.6 Å². The van der Waals surface area contributed by atoms with Gasteiger partial charge < -0.3 is 20.9 Å². The Hall–Kier alpha value is -2.15. The van der Waals surface area contributed by atoms with Crippen LogP contribution in [0.4, 0.5) is 11.8 Å². The molecule has 0 aliphatic carbocycles. The van der Waals surface area contributed by atoms with Crippen LogP contribution < -0.4 is 15.8 Å². The van der Waals surface area contributed by atoms with Gasteiger partial charge >= 0.3 is 0 Å². The number of nitrogens with one attached hydrogen (secondary N) is 1. The third kappa shape index (κ3) is 6.95. The van der Waals surface area contributed by atoms with E-state index in [1.54, 1.807) is 13.2 Å². The highest BCUT2D eigenvalue weighted by molar-refractivity contribution is 5.93. The molecular formula is C17H29N5O2. The van der Waals surface area contributed by atoms with Crippen LogP contribution in [0.15, 0.2) is 22.8 Å². The molecule has 0 aliphatic rings. The Morgan fingerprint density at radius 2 is 2.21 bits per heavy atom. The van der Waals surface area contributed by atoms with Crippen LogP contribution in [0.3, 0.4) is 0 Å². The van der Waals surface area contributed by atoms with Crippen molar-refractivity contribution in [3.8, 4) is 5.75 Å². The zero-order valence-corrected chi connectivity index (χ0v) is 15.0. The average molecular weight is 335 g/mol.